The summed E-state index contributed by atoms with van der Waals surface area (Å²) in [6.07, 6.45) is 40.2. The highest BCUT2D eigenvalue weighted by Crippen LogP contribution is 2.23. The molecular weight excluding hydrogens is 783 g/mol. The fourth-order valence-electron chi connectivity index (χ4n) is 8.64. The zero-order chi connectivity index (χ0) is 45.3. The minimum Gasteiger partial charge on any atom is -0.394 e. The van der Waals surface area contributed by atoms with E-state index < -0.39 is 61.5 Å². The standard InChI is InChI=1S/C52H101NO9/c1-3-5-7-9-11-13-15-17-19-20-21-22-23-24-25-26-27-29-31-33-35-37-39-41-46(56)51(60)53-44(43-61-52-50(59)49(58)48(57)47(42-54)62-52)45(55)40-38-36-34-32-30-28-18-16-14-12-10-8-6-4-2/h38,40,44-50,52,54-59H,3-37,39,41-43H2,1-2H3,(H,53,60)/b40-38+. The number of carbonyl (C=O) groups is 1. The number of hydrogen-bond donors (Lipinski definition) is 7. The quantitative estimate of drug-likeness (QED) is 0.0232. The van der Waals surface area contributed by atoms with Gasteiger partial charge in [-0.2, -0.15) is 0 Å². The fourth-order valence-corrected chi connectivity index (χ4v) is 8.64. The summed E-state index contributed by atoms with van der Waals surface area (Å²) in [5, 5.41) is 64.8. The maximum absolute atomic E-state index is 13.1. The number of aliphatic hydroxyl groups excluding tert-OH is 6. The van der Waals surface area contributed by atoms with Crippen LogP contribution in [-0.4, -0.2) is 98.7 Å². The van der Waals surface area contributed by atoms with Crippen LogP contribution in [0.25, 0.3) is 0 Å². The van der Waals surface area contributed by atoms with Gasteiger partial charge in [0.15, 0.2) is 6.29 Å². The first-order valence-electron chi connectivity index (χ1n) is 26.5. The molecule has 0 spiro atoms. The lowest BCUT2D eigenvalue weighted by Gasteiger charge is -2.40. The van der Waals surface area contributed by atoms with Crippen molar-refractivity contribution in [3.63, 3.8) is 0 Å². The van der Waals surface area contributed by atoms with E-state index in [4.69, 9.17) is 9.47 Å². The Morgan fingerprint density at radius 1 is 0.548 bits per heavy atom. The van der Waals surface area contributed by atoms with Gasteiger partial charge in [-0.1, -0.05) is 244 Å². The summed E-state index contributed by atoms with van der Waals surface area (Å²) < 4.78 is 11.2. The number of hydrogen-bond acceptors (Lipinski definition) is 9. The predicted octanol–water partition coefficient (Wildman–Crippen LogP) is 11.0. The van der Waals surface area contributed by atoms with Crippen LogP contribution < -0.4 is 5.32 Å². The highest BCUT2D eigenvalue weighted by Gasteiger charge is 2.44. The van der Waals surface area contributed by atoms with E-state index in [-0.39, 0.29) is 6.61 Å². The van der Waals surface area contributed by atoms with E-state index in [1.54, 1.807) is 6.08 Å². The van der Waals surface area contributed by atoms with Crippen LogP contribution >= 0.6 is 0 Å². The van der Waals surface area contributed by atoms with Gasteiger partial charge in [-0.05, 0) is 19.3 Å². The van der Waals surface area contributed by atoms with Crippen LogP contribution in [-0.2, 0) is 14.3 Å². The predicted molar refractivity (Wildman–Crippen MR) is 255 cm³/mol. The molecule has 1 amide bonds. The van der Waals surface area contributed by atoms with Crippen LogP contribution in [0.3, 0.4) is 0 Å². The van der Waals surface area contributed by atoms with Gasteiger partial charge in [0, 0.05) is 0 Å². The Morgan fingerprint density at radius 3 is 1.31 bits per heavy atom. The van der Waals surface area contributed by atoms with Crippen molar-refractivity contribution >= 4 is 5.91 Å². The molecule has 0 aromatic carbocycles. The van der Waals surface area contributed by atoms with Gasteiger partial charge in [0.25, 0.3) is 0 Å². The molecule has 368 valence electrons. The van der Waals surface area contributed by atoms with E-state index in [9.17, 15) is 35.4 Å². The van der Waals surface area contributed by atoms with Crippen molar-refractivity contribution in [2.45, 2.75) is 300 Å². The molecule has 62 heavy (non-hydrogen) atoms. The lowest BCUT2D eigenvalue weighted by molar-refractivity contribution is -0.302. The molecular formula is C52H101NO9. The lowest BCUT2D eigenvalue weighted by Crippen LogP contribution is -2.60. The number of aliphatic hydroxyl groups is 6. The fraction of sp³-hybridized carbons (Fsp3) is 0.942. The van der Waals surface area contributed by atoms with Gasteiger partial charge in [-0.25, -0.2) is 0 Å². The number of amides is 1. The van der Waals surface area contributed by atoms with Crippen LogP contribution in [0.4, 0.5) is 0 Å². The molecule has 0 aliphatic carbocycles. The van der Waals surface area contributed by atoms with Gasteiger partial charge in [0.1, 0.15) is 30.5 Å². The molecule has 0 aromatic heterocycles. The lowest BCUT2D eigenvalue weighted by atomic mass is 9.99. The normalized spacial score (nSPS) is 20.8. The summed E-state index contributed by atoms with van der Waals surface area (Å²) in [4.78, 5) is 13.1. The zero-order valence-corrected chi connectivity index (χ0v) is 40.3. The van der Waals surface area contributed by atoms with Crippen LogP contribution in [0, 0.1) is 0 Å². The molecule has 1 saturated heterocycles. The first-order valence-corrected chi connectivity index (χ1v) is 26.5. The molecule has 10 heteroatoms. The highest BCUT2D eigenvalue weighted by atomic mass is 16.7. The molecule has 0 bridgehead atoms. The third kappa shape index (κ3) is 31.7. The maximum atomic E-state index is 13.1. The van der Waals surface area contributed by atoms with Crippen LogP contribution in [0.5, 0.6) is 0 Å². The molecule has 1 rings (SSSR count). The van der Waals surface area contributed by atoms with Gasteiger partial charge in [0.2, 0.25) is 5.91 Å². The minimum absolute atomic E-state index is 0.301. The van der Waals surface area contributed by atoms with Crippen molar-refractivity contribution < 1.29 is 44.9 Å². The van der Waals surface area contributed by atoms with Crippen molar-refractivity contribution in [1.82, 2.24) is 5.32 Å². The zero-order valence-electron chi connectivity index (χ0n) is 40.3. The second-order valence-corrected chi connectivity index (χ2v) is 18.8. The monoisotopic (exact) mass is 884 g/mol. The van der Waals surface area contributed by atoms with Gasteiger partial charge in [-0.15, -0.1) is 0 Å². The first kappa shape index (κ1) is 58.9. The van der Waals surface area contributed by atoms with E-state index in [1.807, 2.05) is 6.08 Å². The van der Waals surface area contributed by atoms with Gasteiger partial charge in [0.05, 0.1) is 25.4 Å². The molecule has 1 aliphatic rings. The average Bonchev–Trinajstić information content (AvgIpc) is 3.27. The number of allylic oxidation sites excluding steroid dienone is 1. The summed E-state index contributed by atoms with van der Waals surface area (Å²) in [6, 6.07) is -0.975. The molecule has 1 fully saturated rings. The van der Waals surface area contributed by atoms with Crippen molar-refractivity contribution in [2.24, 2.45) is 0 Å². The van der Waals surface area contributed by atoms with Crippen LogP contribution in [0.2, 0.25) is 0 Å². The molecule has 7 N–H and O–H groups in total. The average molecular weight is 884 g/mol. The smallest absolute Gasteiger partial charge is 0.249 e. The molecule has 0 saturated carbocycles. The first-order chi connectivity index (χ1) is 30.3. The number of carbonyl (C=O) groups excluding carboxylic acids is 1. The van der Waals surface area contributed by atoms with E-state index in [1.165, 1.54) is 186 Å². The summed E-state index contributed by atoms with van der Waals surface area (Å²) in [5.41, 5.74) is 0. The second kappa shape index (κ2) is 42.5. The number of ether oxygens (including phenoxy) is 2. The number of nitrogens with one attached hydrogen (secondary N) is 1. The Bertz CT molecular complexity index is 999. The van der Waals surface area contributed by atoms with E-state index in [0.717, 1.165) is 44.9 Å². The summed E-state index contributed by atoms with van der Waals surface area (Å²) in [5.74, 6) is -0.611. The highest BCUT2D eigenvalue weighted by molar-refractivity contribution is 5.80. The molecule has 1 heterocycles. The van der Waals surface area contributed by atoms with Crippen molar-refractivity contribution in [3.8, 4) is 0 Å². The van der Waals surface area contributed by atoms with Gasteiger partial charge in [-0.3, -0.25) is 4.79 Å². The SMILES string of the molecule is CCCCCCCCCCCCCC/C=C/C(O)C(COC1OC(CO)C(O)C(O)C1O)NC(=O)C(O)CCCCCCCCCCCCCCCCCCCCCCCCC. The largest absolute Gasteiger partial charge is 0.394 e. The summed E-state index contributed by atoms with van der Waals surface area (Å²) in [6.45, 7) is 3.63. The third-order valence-electron chi connectivity index (χ3n) is 13.0. The van der Waals surface area contributed by atoms with E-state index in [0.29, 0.717) is 6.42 Å². The van der Waals surface area contributed by atoms with Crippen molar-refractivity contribution in [2.75, 3.05) is 13.2 Å². The van der Waals surface area contributed by atoms with Gasteiger partial charge >= 0.3 is 0 Å². The molecule has 0 radical (unpaired) electrons. The van der Waals surface area contributed by atoms with Gasteiger partial charge < -0.3 is 45.4 Å². The molecule has 8 atom stereocenters. The summed E-state index contributed by atoms with van der Waals surface area (Å²) >= 11 is 0. The Kier molecular flexibility index (Phi) is 40.4. The van der Waals surface area contributed by atoms with Crippen LogP contribution in [0.15, 0.2) is 12.2 Å². The summed E-state index contributed by atoms with van der Waals surface area (Å²) in [7, 11) is 0. The number of unbranched alkanes of at least 4 members (excludes halogenated alkanes) is 34. The van der Waals surface area contributed by atoms with Crippen LogP contribution in [0.1, 0.15) is 251 Å². The molecule has 8 unspecified atom stereocenters. The van der Waals surface area contributed by atoms with E-state index in [2.05, 4.69) is 19.2 Å². The Hall–Kier alpha value is -1.11. The second-order valence-electron chi connectivity index (χ2n) is 18.8. The molecule has 1 aliphatic heterocycles. The topological polar surface area (TPSA) is 169 Å². The molecule has 10 nitrogen and oxygen atoms in total. The van der Waals surface area contributed by atoms with E-state index >= 15 is 0 Å². The minimum atomic E-state index is -1.61. The Labute approximate surface area is 380 Å². The maximum Gasteiger partial charge on any atom is 0.249 e. The Morgan fingerprint density at radius 2 is 0.919 bits per heavy atom. The number of rotatable bonds is 45. The van der Waals surface area contributed by atoms with Crippen molar-refractivity contribution in [1.29, 1.82) is 0 Å². The third-order valence-corrected chi connectivity index (χ3v) is 13.0. The van der Waals surface area contributed by atoms with Crippen molar-refractivity contribution in [3.05, 3.63) is 12.2 Å². The Balaban J connectivity index is 2.28. The molecule has 0 aromatic rings.